The van der Waals surface area contributed by atoms with Crippen LogP contribution in [0.3, 0.4) is 0 Å². The first-order chi connectivity index (χ1) is 10.3. The fourth-order valence-electron chi connectivity index (χ4n) is 2.86. The monoisotopic (exact) mass is 307 g/mol. The minimum atomic E-state index is -0.512. The number of phenolic OH excluding ortho intramolecular Hbond substituents is 1. The zero-order chi connectivity index (χ0) is 16.5. The second kappa shape index (κ2) is 6.07. The smallest absolute Gasteiger partial charge is 0.410 e. The molecule has 1 aliphatic heterocycles. The lowest BCUT2D eigenvalue weighted by molar-refractivity contribution is 0.0137. The van der Waals surface area contributed by atoms with Gasteiger partial charge in [-0.15, -0.1) is 0 Å². The lowest BCUT2D eigenvalue weighted by Crippen LogP contribution is -2.42. The van der Waals surface area contributed by atoms with Crippen molar-refractivity contribution in [3.8, 4) is 11.5 Å². The van der Waals surface area contributed by atoms with E-state index in [9.17, 15) is 9.90 Å². The van der Waals surface area contributed by atoms with Crippen LogP contribution in [0, 0.1) is 0 Å². The quantitative estimate of drug-likeness (QED) is 0.906. The summed E-state index contributed by atoms with van der Waals surface area (Å²) in [6.07, 6.45) is 1.18. The fraction of sp³-hybridized carbons (Fsp3) is 0.588. The first-order valence-corrected chi connectivity index (χ1v) is 7.66. The average molecular weight is 307 g/mol. The average Bonchev–Trinajstić information content (AvgIpc) is 2.43. The molecule has 1 atom stereocenters. The standard InChI is InChI=1S/C17H25NO4/c1-6-13-12-10-15(21-5)14(19)9-11(12)7-8-18(13)16(20)22-17(2,3)4/h9-10,13,19H,6-8H2,1-5H3/t13-/m0/s1. The van der Waals surface area contributed by atoms with Gasteiger partial charge in [0.05, 0.1) is 13.2 Å². The molecule has 5 nitrogen and oxygen atoms in total. The van der Waals surface area contributed by atoms with Gasteiger partial charge in [-0.2, -0.15) is 0 Å². The van der Waals surface area contributed by atoms with Crippen LogP contribution in [0.2, 0.25) is 0 Å². The molecule has 1 amide bonds. The second-order valence-corrected chi connectivity index (χ2v) is 6.57. The Morgan fingerprint density at radius 2 is 2.09 bits per heavy atom. The first kappa shape index (κ1) is 16.5. The van der Waals surface area contributed by atoms with E-state index < -0.39 is 5.60 Å². The molecule has 0 bridgehead atoms. The molecule has 1 N–H and O–H groups in total. The zero-order valence-corrected chi connectivity index (χ0v) is 14.0. The van der Waals surface area contributed by atoms with Crippen LogP contribution in [0.15, 0.2) is 12.1 Å². The number of hydrogen-bond acceptors (Lipinski definition) is 4. The number of carbonyl (C=O) groups excluding carboxylic acids is 1. The topological polar surface area (TPSA) is 59.0 Å². The molecule has 0 radical (unpaired) electrons. The zero-order valence-electron chi connectivity index (χ0n) is 14.0. The molecule has 0 fully saturated rings. The van der Waals surface area contributed by atoms with Crippen molar-refractivity contribution < 1.29 is 19.4 Å². The van der Waals surface area contributed by atoms with E-state index in [1.807, 2.05) is 33.8 Å². The van der Waals surface area contributed by atoms with E-state index in [-0.39, 0.29) is 17.9 Å². The molecule has 0 saturated heterocycles. The van der Waals surface area contributed by atoms with Gasteiger partial charge in [0.15, 0.2) is 11.5 Å². The molecule has 1 heterocycles. The summed E-state index contributed by atoms with van der Waals surface area (Å²) in [4.78, 5) is 14.2. The summed E-state index contributed by atoms with van der Waals surface area (Å²) in [5, 5.41) is 9.92. The second-order valence-electron chi connectivity index (χ2n) is 6.57. The van der Waals surface area contributed by atoms with Crippen molar-refractivity contribution in [3.05, 3.63) is 23.3 Å². The number of benzene rings is 1. The van der Waals surface area contributed by atoms with Crippen molar-refractivity contribution in [2.75, 3.05) is 13.7 Å². The summed E-state index contributed by atoms with van der Waals surface area (Å²) in [6.45, 7) is 8.23. The third-order valence-electron chi connectivity index (χ3n) is 3.81. The van der Waals surface area contributed by atoms with Gasteiger partial charge in [-0.1, -0.05) is 6.92 Å². The van der Waals surface area contributed by atoms with Gasteiger partial charge in [0, 0.05) is 6.54 Å². The van der Waals surface area contributed by atoms with Crippen molar-refractivity contribution in [3.63, 3.8) is 0 Å². The van der Waals surface area contributed by atoms with E-state index in [1.54, 1.807) is 11.0 Å². The maximum Gasteiger partial charge on any atom is 0.410 e. The summed E-state index contributed by atoms with van der Waals surface area (Å²) in [5.74, 6) is 0.574. The van der Waals surface area contributed by atoms with E-state index in [0.29, 0.717) is 18.7 Å². The van der Waals surface area contributed by atoms with Gasteiger partial charge in [0.1, 0.15) is 5.60 Å². The van der Waals surface area contributed by atoms with Crippen LogP contribution in [-0.4, -0.2) is 35.4 Å². The number of fused-ring (bicyclic) bond motifs is 1. The largest absolute Gasteiger partial charge is 0.504 e. The van der Waals surface area contributed by atoms with Gasteiger partial charge >= 0.3 is 6.09 Å². The molecular weight excluding hydrogens is 282 g/mol. The lowest BCUT2D eigenvalue weighted by atomic mass is 9.91. The van der Waals surface area contributed by atoms with Gasteiger partial charge in [-0.05, 0) is 56.9 Å². The summed E-state index contributed by atoms with van der Waals surface area (Å²) >= 11 is 0. The Balaban J connectivity index is 2.34. The number of methoxy groups -OCH3 is 1. The number of amides is 1. The highest BCUT2D eigenvalue weighted by Crippen LogP contribution is 2.39. The Kier molecular flexibility index (Phi) is 4.54. The number of ether oxygens (including phenoxy) is 2. The number of hydrogen-bond donors (Lipinski definition) is 1. The molecule has 1 aromatic carbocycles. The van der Waals surface area contributed by atoms with Gasteiger partial charge in [-0.25, -0.2) is 4.79 Å². The Morgan fingerprint density at radius 1 is 1.41 bits per heavy atom. The van der Waals surface area contributed by atoms with Crippen LogP contribution in [0.25, 0.3) is 0 Å². The Labute approximate surface area is 131 Å². The normalized spacial score (nSPS) is 17.9. The lowest BCUT2D eigenvalue weighted by Gasteiger charge is -2.38. The third-order valence-corrected chi connectivity index (χ3v) is 3.81. The molecule has 0 unspecified atom stereocenters. The maximum absolute atomic E-state index is 12.4. The fourth-order valence-corrected chi connectivity index (χ4v) is 2.86. The third kappa shape index (κ3) is 3.29. The van der Waals surface area contributed by atoms with E-state index in [0.717, 1.165) is 17.5 Å². The highest BCUT2D eigenvalue weighted by atomic mass is 16.6. The van der Waals surface area contributed by atoms with E-state index in [2.05, 4.69) is 0 Å². The van der Waals surface area contributed by atoms with Crippen LogP contribution in [0.5, 0.6) is 11.5 Å². The van der Waals surface area contributed by atoms with Crippen molar-refractivity contribution in [1.82, 2.24) is 4.90 Å². The van der Waals surface area contributed by atoms with Crippen LogP contribution in [0.4, 0.5) is 4.79 Å². The summed E-state index contributed by atoms with van der Waals surface area (Å²) in [5.41, 5.74) is 1.57. The molecule has 0 saturated carbocycles. The number of phenols is 1. The van der Waals surface area contributed by atoms with Crippen molar-refractivity contribution in [1.29, 1.82) is 0 Å². The van der Waals surface area contributed by atoms with Crippen molar-refractivity contribution >= 4 is 6.09 Å². The summed E-state index contributed by atoms with van der Waals surface area (Å²) in [7, 11) is 1.52. The first-order valence-electron chi connectivity index (χ1n) is 7.66. The predicted molar refractivity (Wildman–Crippen MR) is 84.3 cm³/mol. The number of nitrogens with zero attached hydrogens (tertiary/aromatic N) is 1. The van der Waals surface area contributed by atoms with Gasteiger partial charge in [0.25, 0.3) is 0 Å². The number of aromatic hydroxyl groups is 1. The van der Waals surface area contributed by atoms with E-state index >= 15 is 0 Å². The van der Waals surface area contributed by atoms with Gasteiger partial charge in [-0.3, -0.25) is 0 Å². The van der Waals surface area contributed by atoms with Crippen LogP contribution in [0.1, 0.15) is 51.3 Å². The SMILES string of the molecule is CC[C@H]1c2cc(OC)c(O)cc2CCN1C(=O)OC(C)(C)C. The van der Waals surface area contributed by atoms with Crippen molar-refractivity contribution in [2.24, 2.45) is 0 Å². The highest BCUT2D eigenvalue weighted by molar-refractivity contribution is 5.70. The molecular formula is C17H25NO4. The molecule has 1 aliphatic rings. The van der Waals surface area contributed by atoms with Crippen LogP contribution < -0.4 is 4.74 Å². The molecule has 0 aromatic heterocycles. The van der Waals surface area contributed by atoms with Crippen LogP contribution >= 0.6 is 0 Å². The van der Waals surface area contributed by atoms with E-state index in [4.69, 9.17) is 9.47 Å². The predicted octanol–water partition coefficient (Wildman–Crippen LogP) is 3.65. The van der Waals surface area contributed by atoms with E-state index in [1.165, 1.54) is 7.11 Å². The molecule has 0 spiro atoms. The Bertz CT molecular complexity index is 563. The van der Waals surface area contributed by atoms with Gasteiger partial charge in [0.2, 0.25) is 0 Å². The molecule has 5 heteroatoms. The van der Waals surface area contributed by atoms with Crippen molar-refractivity contribution in [2.45, 2.75) is 52.2 Å². The molecule has 0 aliphatic carbocycles. The summed E-state index contributed by atoms with van der Waals surface area (Å²) < 4.78 is 10.7. The number of rotatable bonds is 2. The van der Waals surface area contributed by atoms with Crippen LogP contribution in [-0.2, 0) is 11.2 Å². The minimum Gasteiger partial charge on any atom is -0.504 e. The Morgan fingerprint density at radius 3 is 2.64 bits per heavy atom. The minimum absolute atomic E-state index is 0.0619. The highest BCUT2D eigenvalue weighted by Gasteiger charge is 2.33. The number of carbonyl (C=O) groups is 1. The maximum atomic E-state index is 12.4. The molecule has 2 rings (SSSR count). The Hall–Kier alpha value is -1.91. The van der Waals surface area contributed by atoms with Gasteiger partial charge < -0.3 is 19.5 Å². The summed E-state index contributed by atoms with van der Waals surface area (Å²) in [6, 6.07) is 3.51. The molecule has 22 heavy (non-hydrogen) atoms. The molecule has 122 valence electrons. The molecule has 1 aromatic rings.